The van der Waals surface area contributed by atoms with E-state index in [4.69, 9.17) is 9.84 Å². The molecular formula is C16H23NO4. The van der Waals surface area contributed by atoms with Crippen LogP contribution in [0.1, 0.15) is 42.4 Å². The quantitative estimate of drug-likeness (QED) is 0.757. The van der Waals surface area contributed by atoms with Crippen LogP contribution in [0.3, 0.4) is 0 Å². The number of unbranched alkanes of at least 4 members (excludes halogenated alkanes) is 1. The second-order valence-electron chi connectivity index (χ2n) is 5.17. The summed E-state index contributed by atoms with van der Waals surface area (Å²) in [6, 6.07) is 1.91. The first kappa shape index (κ1) is 17.0. The van der Waals surface area contributed by atoms with E-state index >= 15 is 0 Å². The van der Waals surface area contributed by atoms with Crippen LogP contribution in [0.5, 0.6) is 5.75 Å². The second-order valence-corrected chi connectivity index (χ2v) is 5.17. The molecular weight excluding hydrogens is 270 g/mol. The molecule has 116 valence electrons. The Bertz CT molecular complexity index is 538. The number of nitrogens with one attached hydrogen (secondary N) is 1. The minimum atomic E-state index is -0.826. The number of carbonyl (C=O) groups excluding carboxylic acids is 1. The first-order chi connectivity index (χ1) is 9.86. The van der Waals surface area contributed by atoms with Crippen molar-refractivity contribution in [3.05, 3.63) is 22.8 Å². The number of benzene rings is 1. The average Bonchev–Trinajstić information content (AvgIpc) is 2.43. The molecule has 21 heavy (non-hydrogen) atoms. The number of carboxylic acid groups (broad SMARTS) is 1. The SMILES string of the molecule is COc1cc(C)c(NC(=O)CCCCC(=O)O)c(C)c1C. The lowest BCUT2D eigenvalue weighted by Crippen LogP contribution is -2.14. The third-order valence-electron chi connectivity index (χ3n) is 3.58. The number of amides is 1. The molecule has 0 aliphatic heterocycles. The van der Waals surface area contributed by atoms with Gasteiger partial charge in [0.2, 0.25) is 5.91 Å². The summed E-state index contributed by atoms with van der Waals surface area (Å²) >= 11 is 0. The van der Waals surface area contributed by atoms with Gasteiger partial charge < -0.3 is 15.2 Å². The van der Waals surface area contributed by atoms with Crippen LogP contribution in [0.15, 0.2) is 6.07 Å². The van der Waals surface area contributed by atoms with Gasteiger partial charge in [-0.15, -0.1) is 0 Å². The second kappa shape index (κ2) is 7.67. The minimum absolute atomic E-state index is 0.0869. The number of hydrogen-bond acceptors (Lipinski definition) is 3. The predicted molar refractivity (Wildman–Crippen MR) is 81.9 cm³/mol. The Morgan fingerprint density at radius 2 is 1.76 bits per heavy atom. The molecule has 0 aliphatic carbocycles. The molecule has 2 N–H and O–H groups in total. The summed E-state index contributed by atoms with van der Waals surface area (Å²) in [4.78, 5) is 22.3. The van der Waals surface area contributed by atoms with Crippen molar-refractivity contribution in [1.82, 2.24) is 0 Å². The topological polar surface area (TPSA) is 75.6 Å². The van der Waals surface area contributed by atoms with E-state index in [0.29, 0.717) is 19.3 Å². The smallest absolute Gasteiger partial charge is 0.303 e. The third kappa shape index (κ3) is 4.77. The molecule has 0 aliphatic rings. The molecule has 0 atom stereocenters. The lowest BCUT2D eigenvalue weighted by atomic mass is 10.0. The Morgan fingerprint density at radius 3 is 2.33 bits per heavy atom. The van der Waals surface area contributed by atoms with Gasteiger partial charge in [0, 0.05) is 18.5 Å². The fourth-order valence-corrected chi connectivity index (χ4v) is 2.21. The van der Waals surface area contributed by atoms with E-state index in [-0.39, 0.29) is 12.3 Å². The first-order valence-corrected chi connectivity index (χ1v) is 7.03. The van der Waals surface area contributed by atoms with Crippen LogP contribution >= 0.6 is 0 Å². The number of carbonyl (C=O) groups is 2. The molecule has 5 heteroatoms. The van der Waals surface area contributed by atoms with Gasteiger partial charge in [-0.2, -0.15) is 0 Å². The minimum Gasteiger partial charge on any atom is -0.496 e. The normalized spacial score (nSPS) is 10.3. The van der Waals surface area contributed by atoms with Crippen molar-refractivity contribution in [2.45, 2.75) is 46.5 Å². The Balaban J connectivity index is 2.68. The average molecular weight is 293 g/mol. The Labute approximate surface area is 125 Å². The Morgan fingerprint density at radius 1 is 1.14 bits per heavy atom. The van der Waals surface area contributed by atoms with E-state index in [1.807, 2.05) is 26.8 Å². The van der Waals surface area contributed by atoms with Crippen LogP contribution in [0.4, 0.5) is 5.69 Å². The largest absolute Gasteiger partial charge is 0.496 e. The molecule has 0 saturated carbocycles. The Kier molecular flexibility index (Phi) is 6.21. The third-order valence-corrected chi connectivity index (χ3v) is 3.58. The van der Waals surface area contributed by atoms with E-state index in [0.717, 1.165) is 28.1 Å². The number of aryl methyl sites for hydroxylation is 1. The summed E-state index contributed by atoms with van der Waals surface area (Å²) in [7, 11) is 1.63. The standard InChI is InChI=1S/C16H23NO4/c1-10-9-13(21-4)11(2)12(3)16(10)17-14(18)7-5-6-8-15(19)20/h9H,5-8H2,1-4H3,(H,17,18)(H,19,20). The van der Waals surface area contributed by atoms with Gasteiger partial charge in [0.25, 0.3) is 0 Å². The lowest BCUT2D eigenvalue weighted by Gasteiger charge is -2.16. The summed E-state index contributed by atoms with van der Waals surface area (Å²) in [5, 5.41) is 11.5. The van der Waals surface area contributed by atoms with Gasteiger partial charge in [0.1, 0.15) is 5.75 Å². The molecule has 5 nitrogen and oxygen atoms in total. The van der Waals surface area contributed by atoms with E-state index in [9.17, 15) is 9.59 Å². The molecule has 0 spiro atoms. The van der Waals surface area contributed by atoms with Crippen molar-refractivity contribution < 1.29 is 19.4 Å². The number of hydrogen-bond donors (Lipinski definition) is 2. The molecule has 0 radical (unpaired) electrons. The van der Waals surface area contributed by atoms with Crippen molar-refractivity contribution in [3.8, 4) is 5.75 Å². The van der Waals surface area contributed by atoms with Gasteiger partial charge in [0.05, 0.1) is 7.11 Å². The van der Waals surface area contributed by atoms with Crippen LogP contribution < -0.4 is 10.1 Å². The maximum Gasteiger partial charge on any atom is 0.303 e. The van der Waals surface area contributed by atoms with Gasteiger partial charge in [-0.25, -0.2) is 0 Å². The molecule has 0 unspecified atom stereocenters. The van der Waals surface area contributed by atoms with Crippen LogP contribution in [0, 0.1) is 20.8 Å². The van der Waals surface area contributed by atoms with Gasteiger partial charge in [-0.3, -0.25) is 9.59 Å². The summed E-state index contributed by atoms with van der Waals surface area (Å²) in [6.07, 6.45) is 1.53. The summed E-state index contributed by atoms with van der Waals surface area (Å²) in [6.45, 7) is 5.83. The van der Waals surface area contributed by atoms with Crippen molar-refractivity contribution in [2.75, 3.05) is 12.4 Å². The zero-order valence-electron chi connectivity index (χ0n) is 13.1. The zero-order chi connectivity index (χ0) is 16.0. The number of aliphatic carboxylic acids is 1. The molecule has 1 aromatic rings. The molecule has 1 amide bonds. The lowest BCUT2D eigenvalue weighted by molar-refractivity contribution is -0.137. The van der Waals surface area contributed by atoms with Gasteiger partial charge in [0.15, 0.2) is 0 Å². The van der Waals surface area contributed by atoms with Gasteiger partial charge >= 0.3 is 5.97 Å². The van der Waals surface area contributed by atoms with Gasteiger partial charge in [-0.1, -0.05) is 0 Å². The zero-order valence-corrected chi connectivity index (χ0v) is 13.1. The maximum atomic E-state index is 11.9. The molecule has 0 aromatic heterocycles. The predicted octanol–water partition coefficient (Wildman–Crippen LogP) is 3.20. The van der Waals surface area contributed by atoms with Gasteiger partial charge in [-0.05, 0) is 56.4 Å². The fourth-order valence-electron chi connectivity index (χ4n) is 2.21. The number of carboxylic acids is 1. The van der Waals surface area contributed by atoms with Crippen LogP contribution in [0.2, 0.25) is 0 Å². The van der Waals surface area contributed by atoms with E-state index in [1.165, 1.54) is 0 Å². The summed E-state index contributed by atoms with van der Waals surface area (Å²) in [5.41, 5.74) is 3.76. The van der Waals surface area contributed by atoms with E-state index in [1.54, 1.807) is 7.11 Å². The highest BCUT2D eigenvalue weighted by Gasteiger charge is 2.13. The first-order valence-electron chi connectivity index (χ1n) is 7.03. The summed E-state index contributed by atoms with van der Waals surface area (Å²) < 4.78 is 5.30. The maximum absolute atomic E-state index is 11.9. The fraction of sp³-hybridized carbons (Fsp3) is 0.500. The summed E-state index contributed by atoms with van der Waals surface area (Å²) in [5.74, 6) is -0.103. The van der Waals surface area contributed by atoms with Crippen molar-refractivity contribution in [2.24, 2.45) is 0 Å². The van der Waals surface area contributed by atoms with Crippen LogP contribution in [0.25, 0.3) is 0 Å². The van der Waals surface area contributed by atoms with Crippen molar-refractivity contribution in [3.63, 3.8) is 0 Å². The highest BCUT2D eigenvalue weighted by molar-refractivity contribution is 5.92. The number of rotatable bonds is 7. The van der Waals surface area contributed by atoms with Crippen LogP contribution in [-0.2, 0) is 9.59 Å². The number of ether oxygens (including phenoxy) is 1. The highest BCUT2D eigenvalue weighted by atomic mass is 16.5. The Hall–Kier alpha value is -2.04. The molecule has 0 heterocycles. The molecule has 1 rings (SSSR count). The monoisotopic (exact) mass is 293 g/mol. The van der Waals surface area contributed by atoms with Crippen molar-refractivity contribution in [1.29, 1.82) is 0 Å². The molecule has 0 bridgehead atoms. The van der Waals surface area contributed by atoms with Crippen molar-refractivity contribution >= 4 is 17.6 Å². The molecule has 0 saturated heterocycles. The number of methoxy groups -OCH3 is 1. The molecule has 0 fully saturated rings. The van der Waals surface area contributed by atoms with E-state index < -0.39 is 5.97 Å². The van der Waals surface area contributed by atoms with E-state index in [2.05, 4.69) is 5.32 Å². The molecule has 1 aromatic carbocycles. The number of anilines is 1. The van der Waals surface area contributed by atoms with Crippen LogP contribution in [-0.4, -0.2) is 24.1 Å². The highest BCUT2D eigenvalue weighted by Crippen LogP contribution is 2.31.